The zero-order chi connectivity index (χ0) is 14.6. The average Bonchev–Trinajstić information content (AvgIpc) is 3.03. The number of aliphatic hydroxyl groups excluding tert-OH is 1. The predicted octanol–water partition coefficient (Wildman–Crippen LogP) is 3.25. The maximum atomic E-state index is 13.9. The molecule has 1 saturated carbocycles. The Kier molecular flexibility index (Phi) is 2.70. The minimum absolute atomic E-state index is 0.226. The van der Waals surface area contributed by atoms with Gasteiger partial charge < -0.3 is 9.67 Å². The van der Waals surface area contributed by atoms with Crippen molar-refractivity contribution in [2.24, 2.45) is 5.92 Å². The molecule has 2 aliphatic rings. The number of aromatic nitrogens is 2. The number of fused-ring (bicyclic) bond motifs is 3. The molecule has 1 aromatic heterocycles. The van der Waals surface area contributed by atoms with E-state index in [1.165, 1.54) is 0 Å². The van der Waals surface area contributed by atoms with E-state index in [0.717, 1.165) is 16.8 Å². The Morgan fingerprint density at radius 1 is 1.29 bits per heavy atom. The fourth-order valence-electron chi connectivity index (χ4n) is 3.83. The fourth-order valence-corrected chi connectivity index (χ4v) is 3.83. The van der Waals surface area contributed by atoms with E-state index >= 15 is 0 Å². The monoisotopic (exact) mass is 290 g/mol. The zero-order valence-corrected chi connectivity index (χ0v) is 11.4. The molecule has 1 fully saturated rings. The van der Waals surface area contributed by atoms with E-state index in [-0.39, 0.29) is 12.5 Å². The van der Waals surface area contributed by atoms with E-state index in [4.69, 9.17) is 0 Å². The Labute approximate surface area is 121 Å². The molecule has 1 N–H and O–H groups in total. The summed E-state index contributed by atoms with van der Waals surface area (Å²) in [6, 6.07) is 7.55. The maximum Gasteiger partial charge on any atom is 0.273 e. The van der Waals surface area contributed by atoms with Gasteiger partial charge in [0.1, 0.15) is 6.10 Å². The van der Waals surface area contributed by atoms with Crippen molar-refractivity contribution in [1.82, 2.24) is 9.55 Å². The van der Waals surface area contributed by atoms with Crippen molar-refractivity contribution in [2.75, 3.05) is 0 Å². The second kappa shape index (κ2) is 4.37. The van der Waals surface area contributed by atoms with E-state index in [1.807, 2.05) is 28.8 Å². The Balaban J connectivity index is 1.82. The van der Waals surface area contributed by atoms with Crippen molar-refractivity contribution in [3.8, 4) is 11.3 Å². The minimum atomic E-state index is -3.00. The van der Waals surface area contributed by atoms with Crippen LogP contribution in [0.15, 0.2) is 36.8 Å². The molecule has 2 heterocycles. The molecule has 4 rings (SSSR count). The first kappa shape index (κ1) is 13.0. The molecule has 0 bridgehead atoms. The largest absolute Gasteiger partial charge is 0.386 e. The standard InChI is InChI=1S/C16H16F2N2O/c17-16(18)7-3-6-12(15(16)21)14-11-5-2-1-4-10(11)13-8-19-9-20(13)14/h1-2,4-5,8-9,12,14-15,21H,3,6-7H2. The first-order valence-corrected chi connectivity index (χ1v) is 7.26. The summed E-state index contributed by atoms with van der Waals surface area (Å²) in [5.41, 5.74) is 2.98. The number of rotatable bonds is 1. The molecule has 3 unspecified atom stereocenters. The number of aliphatic hydroxyl groups is 1. The number of imidazole rings is 1. The molecule has 5 heteroatoms. The van der Waals surface area contributed by atoms with E-state index in [0.29, 0.717) is 12.8 Å². The second-order valence-corrected chi connectivity index (χ2v) is 5.98. The highest BCUT2D eigenvalue weighted by Crippen LogP contribution is 2.49. The molecule has 1 aromatic carbocycles. The predicted molar refractivity (Wildman–Crippen MR) is 74.1 cm³/mol. The van der Waals surface area contributed by atoms with Gasteiger partial charge in [-0.05, 0) is 18.4 Å². The molecule has 0 saturated heterocycles. The van der Waals surface area contributed by atoms with Crippen molar-refractivity contribution in [3.63, 3.8) is 0 Å². The Morgan fingerprint density at radius 3 is 2.95 bits per heavy atom. The van der Waals surface area contributed by atoms with Gasteiger partial charge in [-0.15, -0.1) is 0 Å². The molecule has 0 amide bonds. The number of halogens is 2. The van der Waals surface area contributed by atoms with Crippen LogP contribution in [-0.2, 0) is 0 Å². The zero-order valence-electron chi connectivity index (χ0n) is 11.4. The number of alkyl halides is 2. The lowest BCUT2D eigenvalue weighted by Gasteiger charge is -2.38. The third kappa shape index (κ3) is 1.77. The molecule has 0 spiro atoms. The van der Waals surface area contributed by atoms with Gasteiger partial charge in [0.25, 0.3) is 5.92 Å². The van der Waals surface area contributed by atoms with Crippen LogP contribution in [0.25, 0.3) is 11.3 Å². The number of hydrogen-bond acceptors (Lipinski definition) is 2. The summed E-state index contributed by atoms with van der Waals surface area (Å²) in [5.74, 6) is -3.48. The summed E-state index contributed by atoms with van der Waals surface area (Å²) in [4.78, 5) is 4.14. The molecule has 3 atom stereocenters. The normalized spacial score (nSPS) is 30.0. The lowest BCUT2D eigenvalue weighted by atomic mass is 9.77. The van der Waals surface area contributed by atoms with Gasteiger partial charge in [0.15, 0.2) is 0 Å². The van der Waals surface area contributed by atoms with Gasteiger partial charge in [0, 0.05) is 17.9 Å². The van der Waals surface area contributed by atoms with Crippen molar-refractivity contribution in [3.05, 3.63) is 42.4 Å². The van der Waals surface area contributed by atoms with Gasteiger partial charge in [-0.25, -0.2) is 13.8 Å². The Morgan fingerprint density at radius 2 is 2.10 bits per heavy atom. The lowest BCUT2D eigenvalue weighted by molar-refractivity contribution is -0.160. The smallest absolute Gasteiger partial charge is 0.273 e. The van der Waals surface area contributed by atoms with E-state index in [1.54, 1.807) is 12.5 Å². The molecule has 2 aromatic rings. The molecule has 1 aliphatic carbocycles. The van der Waals surface area contributed by atoms with Gasteiger partial charge in [-0.2, -0.15) is 0 Å². The fraction of sp³-hybridized carbons (Fsp3) is 0.438. The summed E-state index contributed by atoms with van der Waals surface area (Å²) in [6.45, 7) is 0. The SMILES string of the molecule is OC1C(C2c3ccccc3-c3cncn32)CCCC1(F)F. The first-order chi connectivity index (χ1) is 10.1. The Hall–Kier alpha value is -1.75. The van der Waals surface area contributed by atoms with Gasteiger partial charge in [0.05, 0.1) is 24.3 Å². The molecular weight excluding hydrogens is 274 g/mol. The van der Waals surface area contributed by atoms with Crippen LogP contribution in [0.2, 0.25) is 0 Å². The van der Waals surface area contributed by atoms with Crippen LogP contribution < -0.4 is 0 Å². The van der Waals surface area contributed by atoms with Gasteiger partial charge in [-0.1, -0.05) is 24.3 Å². The first-order valence-electron chi connectivity index (χ1n) is 7.26. The number of benzene rings is 1. The van der Waals surface area contributed by atoms with Crippen molar-refractivity contribution in [2.45, 2.75) is 37.3 Å². The van der Waals surface area contributed by atoms with E-state index in [9.17, 15) is 13.9 Å². The van der Waals surface area contributed by atoms with Gasteiger partial charge in [-0.3, -0.25) is 0 Å². The topological polar surface area (TPSA) is 38.1 Å². The number of hydrogen-bond donors (Lipinski definition) is 1. The van der Waals surface area contributed by atoms with E-state index in [2.05, 4.69) is 4.98 Å². The molecule has 3 nitrogen and oxygen atoms in total. The third-order valence-electron chi connectivity index (χ3n) is 4.81. The summed E-state index contributed by atoms with van der Waals surface area (Å²) >= 11 is 0. The van der Waals surface area contributed by atoms with Crippen molar-refractivity contribution < 1.29 is 13.9 Å². The third-order valence-corrected chi connectivity index (χ3v) is 4.81. The second-order valence-electron chi connectivity index (χ2n) is 5.98. The minimum Gasteiger partial charge on any atom is -0.386 e. The summed E-state index contributed by atoms with van der Waals surface area (Å²) in [7, 11) is 0. The van der Waals surface area contributed by atoms with Crippen LogP contribution in [0, 0.1) is 5.92 Å². The summed E-state index contributed by atoms with van der Waals surface area (Å²) in [6.07, 6.45) is 2.66. The number of nitrogens with zero attached hydrogens (tertiary/aromatic N) is 2. The van der Waals surface area contributed by atoms with E-state index < -0.39 is 17.9 Å². The quantitative estimate of drug-likeness (QED) is 0.875. The highest BCUT2D eigenvalue weighted by atomic mass is 19.3. The molecule has 110 valence electrons. The summed E-state index contributed by atoms with van der Waals surface area (Å²) < 4.78 is 29.7. The molecule has 0 radical (unpaired) electrons. The highest BCUT2D eigenvalue weighted by Gasteiger charge is 2.50. The van der Waals surface area contributed by atoms with Crippen LogP contribution in [-0.4, -0.2) is 26.7 Å². The van der Waals surface area contributed by atoms with Gasteiger partial charge in [0.2, 0.25) is 0 Å². The van der Waals surface area contributed by atoms with Crippen LogP contribution in [0.1, 0.15) is 30.9 Å². The van der Waals surface area contributed by atoms with Crippen molar-refractivity contribution in [1.29, 1.82) is 0 Å². The molecule has 21 heavy (non-hydrogen) atoms. The van der Waals surface area contributed by atoms with Crippen LogP contribution in [0.4, 0.5) is 8.78 Å². The summed E-state index contributed by atoms with van der Waals surface area (Å²) in [5, 5.41) is 10.2. The lowest BCUT2D eigenvalue weighted by Crippen LogP contribution is -2.46. The van der Waals surface area contributed by atoms with Crippen LogP contribution >= 0.6 is 0 Å². The Bertz CT molecular complexity index is 682. The van der Waals surface area contributed by atoms with Gasteiger partial charge >= 0.3 is 0 Å². The van der Waals surface area contributed by atoms with Crippen molar-refractivity contribution >= 4 is 0 Å². The molecule has 1 aliphatic heterocycles. The maximum absolute atomic E-state index is 13.9. The molecular formula is C16H16F2N2O. The van der Waals surface area contributed by atoms with Crippen LogP contribution in [0.5, 0.6) is 0 Å². The van der Waals surface area contributed by atoms with Crippen LogP contribution in [0.3, 0.4) is 0 Å². The average molecular weight is 290 g/mol. The highest BCUT2D eigenvalue weighted by molar-refractivity contribution is 5.69.